The second-order valence-corrected chi connectivity index (χ2v) is 7.26. The van der Waals surface area contributed by atoms with Crippen LogP contribution < -0.4 is 20.1 Å². The Labute approximate surface area is 161 Å². The van der Waals surface area contributed by atoms with Crippen LogP contribution in [0.1, 0.15) is 0 Å². The lowest BCUT2D eigenvalue weighted by Crippen LogP contribution is -1.99. The van der Waals surface area contributed by atoms with Gasteiger partial charge >= 0.3 is 0 Å². The largest absolute Gasteiger partial charge is 0.340 e. The first kappa shape index (κ1) is 18.5. The average Bonchev–Trinajstić information content (AvgIpc) is 2.63. The fraction of sp³-hybridized carbons (Fsp3) is 0.118. The first-order valence-corrected chi connectivity index (χ1v) is 9.48. The molecule has 26 heavy (non-hydrogen) atoms. The fourth-order valence-corrected chi connectivity index (χ4v) is 3.31. The van der Waals surface area contributed by atoms with Crippen LogP contribution in [0.5, 0.6) is 0 Å². The summed E-state index contributed by atoms with van der Waals surface area (Å²) in [5.74, 6) is 1.40. The number of rotatable bonds is 8. The molecule has 3 aromatic rings. The predicted octanol–water partition coefficient (Wildman–Crippen LogP) is 3.81. The zero-order chi connectivity index (χ0) is 18.2. The van der Waals surface area contributed by atoms with E-state index in [1.54, 1.807) is 24.3 Å². The zero-order valence-corrected chi connectivity index (χ0v) is 16.0. The molecule has 0 bridgehead atoms. The third-order valence-electron chi connectivity index (χ3n) is 3.20. The highest BCUT2D eigenvalue weighted by atomic mass is 32.2. The molecule has 0 unspecified atom stereocenters. The van der Waals surface area contributed by atoms with Crippen molar-refractivity contribution in [2.45, 2.75) is 9.79 Å². The Bertz CT molecular complexity index is 793. The molecule has 3 rings (SSSR count). The Morgan fingerprint density at radius 3 is 2.23 bits per heavy atom. The van der Waals surface area contributed by atoms with Gasteiger partial charge in [-0.2, -0.15) is 0 Å². The molecule has 0 radical (unpaired) electrons. The van der Waals surface area contributed by atoms with Gasteiger partial charge in [0.05, 0.1) is 11.9 Å². The standard InChI is InChI=1S/C17H19N7S2/c1-18-25-14-5-3-4-12(6-14)23-16-8-17(22-11-21-16)24-13-7-15(26-19-2)10-20-9-13/h3-11,18-19H,1-2H3,(H2,21,22,23,24). The molecular formula is C17H19N7S2. The van der Waals surface area contributed by atoms with Crippen molar-refractivity contribution < 1.29 is 0 Å². The summed E-state index contributed by atoms with van der Waals surface area (Å²) < 4.78 is 6.10. The summed E-state index contributed by atoms with van der Waals surface area (Å²) in [6.45, 7) is 0. The molecule has 0 fully saturated rings. The van der Waals surface area contributed by atoms with Crippen LogP contribution in [0.15, 0.2) is 64.9 Å². The number of aromatic nitrogens is 3. The van der Waals surface area contributed by atoms with Crippen LogP contribution in [0, 0.1) is 0 Å². The number of benzene rings is 1. The number of nitrogens with zero attached hydrogens (tertiary/aromatic N) is 3. The monoisotopic (exact) mass is 385 g/mol. The molecule has 0 aliphatic heterocycles. The Balaban J connectivity index is 1.72. The van der Waals surface area contributed by atoms with Crippen molar-refractivity contribution in [2.24, 2.45) is 0 Å². The third-order valence-corrected chi connectivity index (χ3v) is 4.56. The van der Waals surface area contributed by atoms with Crippen LogP contribution in [0.2, 0.25) is 0 Å². The molecular weight excluding hydrogens is 366 g/mol. The molecule has 9 heteroatoms. The molecule has 0 aliphatic carbocycles. The Kier molecular flexibility index (Phi) is 6.67. The number of anilines is 4. The molecule has 0 saturated carbocycles. The van der Waals surface area contributed by atoms with Crippen molar-refractivity contribution >= 4 is 46.9 Å². The summed E-state index contributed by atoms with van der Waals surface area (Å²) in [6.07, 6.45) is 5.08. The molecule has 0 atom stereocenters. The van der Waals surface area contributed by atoms with Crippen LogP contribution in [0.25, 0.3) is 0 Å². The van der Waals surface area contributed by atoms with Gasteiger partial charge in [0.2, 0.25) is 0 Å². The second kappa shape index (κ2) is 9.39. The molecule has 4 N–H and O–H groups in total. The zero-order valence-electron chi connectivity index (χ0n) is 14.4. The maximum Gasteiger partial charge on any atom is 0.135 e. The minimum absolute atomic E-state index is 0.691. The minimum Gasteiger partial charge on any atom is -0.340 e. The number of hydrogen-bond acceptors (Lipinski definition) is 9. The summed E-state index contributed by atoms with van der Waals surface area (Å²) in [5.41, 5.74) is 1.83. The van der Waals surface area contributed by atoms with Crippen molar-refractivity contribution in [3.63, 3.8) is 0 Å². The highest BCUT2D eigenvalue weighted by Gasteiger charge is 2.03. The summed E-state index contributed by atoms with van der Waals surface area (Å²) >= 11 is 3.07. The van der Waals surface area contributed by atoms with Gasteiger partial charge in [0.1, 0.15) is 18.0 Å². The summed E-state index contributed by atoms with van der Waals surface area (Å²) in [6, 6.07) is 12.0. The predicted molar refractivity (Wildman–Crippen MR) is 109 cm³/mol. The molecule has 1 aromatic carbocycles. The van der Waals surface area contributed by atoms with Crippen molar-refractivity contribution in [3.8, 4) is 0 Å². The highest BCUT2D eigenvalue weighted by Crippen LogP contribution is 2.24. The van der Waals surface area contributed by atoms with Crippen LogP contribution in [-0.4, -0.2) is 29.0 Å². The summed E-state index contributed by atoms with van der Waals surface area (Å²) in [5, 5.41) is 6.55. The van der Waals surface area contributed by atoms with Gasteiger partial charge in [-0.3, -0.25) is 14.4 Å². The minimum atomic E-state index is 0.691. The Hall–Kier alpha value is -2.33. The van der Waals surface area contributed by atoms with Gasteiger partial charge < -0.3 is 10.6 Å². The topological polar surface area (TPSA) is 86.8 Å². The van der Waals surface area contributed by atoms with E-state index in [0.717, 1.165) is 21.2 Å². The molecule has 7 nitrogen and oxygen atoms in total. The Morgan fingerprint density at radius 2 is 1.46 bits per heavy atom. The van der Waals surface area contributed by atoms with Gasteiger partial charge in [-0.25, -0.2) is 9.97 Å². The van der Waals surface area contributed by atoms with Gasteiger partial charge in [-0.05, 0) is 62.3 Å². The van der Waals surface area contributed by atoms with E-state index in [1.807, 2.05) is 44.4 Å². The van der Waals surface area contributed by atoms with E-state index in [2.05, 4.69) is 41.1 Å². The van der Waals surface area contributed by atoms with Gasteiger partial charge in [0.25, 0.3) is 0 Å². The average molecular weight is 386 g/mol. The van der Waals surface area contributed by atoms with Crippen molar-refractivity contribution in [1.82, 2.24) is 24.4 Å². The molecule has 2 heterocycles. The number of pyridine rings is 1. The van der Waals surface area contributed by atoms with Gasteiger partial charge in [-0.1, -0.05) is 6.07 Å². The normalized spacial score (nSPS) is 10.5. The lowest BCUT2D eigenvalue weighted by molar-refractivity contribution is 1.16. The Morgan fingerprint density at radius 1 is 0.769 bits per heavy atom. The maximum absolute atomic E-state index is 4.28. The van der Waals surface area contributed by atoms with Crippen molar-refractivity contribution in [2.75, 3.05) is 24.7 Å². The molecule has 0 amide bonds. The van der Waals surface area contributed by atoms with Crippen LogP contribution in [-0.2, 0) is 0 Å². The quantitative estimate of drug-likeness (QED) is 0.432. The molecule has 0 spiro atoms. The third kappa shape index (κ3) is 5.33. The lowest BCUT2D eigenvalue weighted by Gasteiger charge is -2.10. The molecule has 0 saturated heterocycles. The smallest absolute Gasteiger partial charge is 0.135 e. The van der Waals surface area contributed by atoms with Crippen LogP contribution >= 0.6 is 23.9 Å². The van der Waals surface area contributed by atoms with Crippen molar-refractivity contribution in [1.29, 1.82) is 0 Å². The van der Waals surface area contributed by atoms with E-state index in [0.29, 0.717) is 11.6 Å². The van der Waals surface area contributed by atoms with E-state index >= 15 is 0 Å². The first-order valence-electron chi connectivity index (χ1n) is 7.85. The number of hydrogen-bond donors (Lipinski definition) is 4. The van der Waals surface area contributed by atoms with E-state index in [4.69, 9.17) is 0 Å². The number of nitrogens with one attached hydrogen (secondary N) is 4. The molecule has 134 valence electrons. The van der Waals surface area contributed by atoms with Crippen LogP contribution in [0.3, 0.4) is 0 Å². The SMILES string of the molecule is CNSc1cccc(Nc2cc(Nc3cncc(SNC)c3)ncn2)c1. The summed E-state index contributed by atoms with van der Waals surface area (Å²) in [7, 11) is 3.77. The van der Waals surface area contributed by atoms with E-state index < -0.39 is 0 Å². The lowest BCUT2D eigenvalue weighted by atomic mass is 10.3. The van der Waals surface area contributed by atoms with E-state index in [-0.39, 0.29) is 0 Å². The maximum atomic E-state index is 4.28. The van der Waals surface area contributed by atoms with Crippen LogP contribution in [0.4, 0.5) is 23.0 Å². The van der Waals surface area contributed by atoms with Crippen molar-refractivity contribution in [3.05, 3.63) is 55.1 Å². The first-order chi connectivity index (χ1) is 12.8. The molecule has 2 aromatic heterocycles. The van der Waals surface area contributed by atoms with E-state index in [1.165, 1.54) is 18.3 Å². The summed E-state index contributed by atoms with van der Waals surface area (Å²) in [4.78, 5) is 14.9. The van der Waals surface area contributed by atoms with Gasteiger partial charge in [-0.15, -0.1) is 0 Å². The van der Waals surface area contributed by atoms with Gasteiger partial charge in [0, 0.05) is 27.7 Å². The van der Waals surface area contributed by atoms with Gasteiger partial charge in [0.15, 0.2) is 0 Å². The second-order valence-electron chi connectivity index (χ2n) is 5.09. The highest BCUT2D eigenvalue weighted by molar-refractivity contribution is 7.97. The fourth-order valence-electron chi connectivity index (χ4n) is 2.21. The molecule has 0 aliphatic rings. The van der Waals surface area contributed by atoms with E-state index in [9.17, 15) is 0 Å².